The lowest BCUT2D eigenvalue weighted by atomic mass is 9.93. The normalized spacial score (nSPS) is 22.7. The van der Waals surface area contributed by atoms with Gasteiger partial charge < -0.3 is 10.0 Å². The van der Waals surface area contributed by atoms with Gasteiger partial charge in [-0.25, -0.2) is 0 Å². The van der Waals surface area contributed by atoms with Crippen LogP contribution in [0.2, 0.25) is 0 Å². The van der Waals surface area contributed by atoms with Crippen molar-refractivity contribution in [3.8, 4) is 0 Å². The number of Topliss-reactive ketones (excluding diaryl/α,β-unsaturated/α-hetero) is 1. The van der Waals surface area contributed by atoms with Gasteiger partial charge in [0, 0.05) is 24.1 Å². The standard InChI is InChI=1S/C20H19NO3/c22-18-10-9-15-16(18)7-4-8-17(15)19(23)21-12-11-20(24,13-21)14-5-2-1-3-6-14/h1-8,24H,9-13H2/t20-/m1/s1. The predicted molar refractivity (Wildman–Crippen MR) is 90.0 cm³/mol. The number of aliphatic hydroxyl groups is 1. The van der Waals surface area contributed by atoms with Crippen molar-refractivity contribution in [3.63, 3.8) is 0 Å². The van der Waals surface area contributed by atoms with Crippen LogP contribution in [0.5, 0.6) is 0 Å². The molecule has 0 bridgehead atoms. The summed E-state index contributed by atoms with van der Waals surface area (Å²) in [6, 6.07) is 14.9. The number of likely N-dealkylation sites (tertiary alicyclic amines) is 1. The number of hydrogen-bond donors (Lipinski definition) is 1. The summed E-state index contributed by atoms with van der Waals surface area (Å²) in [6.45, 7) is 0.801. The van der Waals surface area contributed by atoms with Crippen molar-refractivity contribution < 1.29 is 14.7 Å². The molecule has 1 N–H and O–H groups in total. The van der Waals surface area contributed by atoms with E-state index in [2.05, 4.69) is 0 Å². The SMILES string of the molecule is O=C1CCc2c1cccc2C(=O)N1CC[C@](O)(c2ccccc2)C1. The lowest BCUT2D eigenvalue weighted by Gasteiger charge is -2.24. The van der Waals surface area contributed by atoms with E-state index in [1.54, 1.807) is 23.1 Å². The molecule has 122 valence electrons. The Hall–Kier alpha value is -2.46. The molecule has 0 aromatic heterocycles. The van der Waals surface area contributed by atoms with E-state index in [1.807, 2.05) is 30.3 Å². The summed E-state index contributed by atoms with van der Waals surface area (Å²) in [5.74, 6) is 0.0234. The quantitative estimate of drug-likeness (QED) is 0.925. The minimum Gasteiger partial charge on any atom is -0.383 e. The third-order valence-electron chi connectivity index (χ3n) is 5.15. The van der Waals surface area contributed by atoms with Gasteiger partial charge >= 0.3 is 0 Å². The Morgan fingerprint density at radius 1 is 1.04 bits per heavy atom. The van der Waals surface area contributed by atoms with Gasteiger partial charge in [0.15, 0.2) is 5.78 Å². The summed E-state index contributed by atoms with van der Waals surface area (Å²) in [6.07, 6.45) is 1.64. The van der Waals surface area contributed by atoms with Gasteiger partial charge in [-0.05, 0) is 30.0 Å². The number of nitrogens with zero attached hydrogens (tertiary/aromatic N) is 1. The molecule has 4 rings (SSSR count). The fourth-order valence-electron chi connectivity index (χ4n) is 3.81. The highest BCUT2D eigenvalue weighted by molar-refractivity contribution is 6.05. The molecule has 2 aromatic carbocycles. The maximum Gasteiger partial charge on any atom is 0.254 e. The highest BCUT2D eigenvalue weighted by Crippen LogP contribution is 2.34. The third-order valence-corrected chi connectivity index (χ3v) is 5.15. The molecule has 0 saturated carbocycles. The molecule has 2 aliphatic rings. The van der Waals surface area contributed by atoms with Crippen molar-refractivity contribution in [2.24, 2.45) is 0 Å². The summed E-state index contributed by atoms with van der Waals surface area (Å²) in [4.78, 5) is 26.5. The number of amides is 1. The lowest BCUT2D eigenvalue weighted by molar-refractivity contribution is 0.0417. The predicted octanol–water partition coefficient (Wildman–Crippen LogP) is 2.55. The van der Waals surface area contributed by atoms with Gasteiger partial charge in [-0.1, -0.05) is 42.5 Å². The van der Waals surface area contributed by atoms with E-state index < -0.39 is 5.60 Å². The van der Waals surface area contributed by atoms with E-state index in [4.69, 9.17) is 0 Å². The van der Waals surface area contributed by atoms with Gasteiger partial charge in [0.05, 0.1) is 6.54 Å². The van der Waals surface area contributed by atoms with Gasteiger partial charge in [0.2, 0.25) is 0 Å². The van der Waals surface area contributed by atoms with E-state index >= 15 is 0 Å². The van der Waals surface area contributed by atoms with Crippen molar-refractivity contribution in [3.05, 3.63) is 70.8 Å². The number of carbonyl (C=O) groups is 2. The van der Waals surface area contributed by atoms with Crippen LogP contribution in [0.25, 0.3) is 0 Å². The molecule has 1 heterocycles. The average Bonchev–Trinajstić information content (AvgIpc) is 3.20. The molecule has 0 unspecified atom stereocenters. The Balaban J connectivity index is 1.61. The zero-order valence-corrected chi connectivity index (χ0v) is 13.4. The van der Waals surface area contributed by atoms with Crippen molar-refractivity contribution in [1.29, 1.82) is 0 Å². The Kier molecular flexibility index (Phi) is 3.50. The van der Waals surface area contributed by atoms with Crippen molar-refractivity contribution in [2.45, 2.75) is 24.9 Å². The summed E-state index contributed by atoms with van der Waals surface area (Å²) in [5.41, 5.74) is 2.00. The fraction of sp³-hybridized carbons (Fsp3) is 0.300. The van der Waals surface area contributed by atoms with E-state index in [0.29, 0.717) is 36.9 Å². The number of benzene rings is 2. The Bertz CT molecular complexity index is 815. The van der Waals surface area contributed by atoms with Gasteiger partial charge in [-0.3, -0.25) is 9.59 Å². The van der Waals surface area contributed by atoms with Crippen LogP contribution in [0.15, 0.2) is 48.5 Å². The maximum atomic E-state index is 12.9. The molecule has 1 fully saturated rings. The molecule has 1 saturated heterocycles. The van der Waals surface area contributed by atoms with Gasteiger partial charge in [0.1, 0.15) is 5.60 Å². The second-order valence-electron chi connectivity index (χ2n) is 6.63. The molecule has 4 heteroatoms. The van der Waals surface area contributed by atoms with E-state index in [-0.39, 0.29) is 18.2 Å². The number of hydrogen-bond acceptors (Lipinski definition) is 3. The van der Waals surface area contributed by atoms with Crippen molar-refractivity contribution in [1.82, 2.24) is 4.90 Å². The summed E-state index contributed by atoms with van der Waals surface area (Å²) in [5, 5.41) is 10.9. The molecule has 1 amide bonds. The van der Waals surface area contributed by atoms with Crippen LogP contribution in [0.1, 0.15) is 44.7 Å². The summed E-state index contributed by atoms with van der Waals surface area (Å²) < 4.78 is 0. The van der Waals surface area contributed by atoms with E-state index in [9.17, 15) is 14.7 Å². The zero-order chi connectivity index (χ0) is 16.7. The Labute approximate surface area is 140 Å². The van der Waals surface area contributed by atoms with Crippen LogP contribution in [0.4, 0.5) is 0 Å². The number of β-amino-alcohol motifs (C(OH)–C–C–N with tert-alkyl or cyclic N) is 1. The highest BCUT2D eigenvalue weighted by atomic mass is 16.3. The average molecular weight is 321 g/mol. The third kappa shape index (κ3) is 2.34. The minimum atomic E-state index is -0.995. The second-order valence-corrected chi connectivity index (χ2v) is 6.63. The molecule has 1 aliphatic carbocycles. The van der Waals surface area contributed by atoms with Crippen molar-refractivity contribution >= 4 is 11.7 Å². The Morgan fingerprint density at radius 3 is 2.62 bits per heavy atom. The molecule has 0 spiro atoms. The molecule has 1 aliphatic heterocycles. The summed E-state index contributed by atoms with van der Waals surface area (Å²) in [7, 11) is 0. The first-order valence-corrected chi connectivity index (χ1v) is 8.31. The van der Waals surface area contributed by atoms with Gasteiger partial charge in [-0.15, -0.1) is 0 Å². The number of fused-ring (bicyclic) bond motifs is 1. The van der Waals surface area contributed by atoms with Gasteiger partial charge in [-0.2, -0.15) is 0 Å². The lowest BCUT2D eigenvalue weighted by Crippen LogP contribution is -2.34. The number of rotatable bonds is 2. The van der Waals surface area contributed by atoms with E-state index in [1.165, 1.54) is 0 Å². The first kappa shape index (κ1) is 15.1. The molecule has 4 nitrogen and oxygen atoms in total. The van der Waals surface area contributed by atoms with Crippen LogP contribution < -0.4 is 0 Å². The monoisotopic (exact) mass is 321 g/mol. The molecule has 0 radical (unpaired) electrons. The number of carbonyl (C=O) groups excluding carboxylic acids is 2. The van der Waals surface area contributed by atoms with Crippen LogP contribution >= 0.6 is 0 Å². The largest absolute Gasteiger partial charge is 0.383 e. The Morgan fingerprint density at radius 2 is 1.83 bits per heavy atom. The molecule has 1 atom stereocenters. The first-order chi connectivity index (χ1) is 11.6. The molecular weight excluding hydrogens is 302 g/mol. The minimum absolute atomic E-state index is 0.0894. The van der Waals surface area contributed by atoms with Crippen LogP contribution in [-0.2, 0) is 12.0 Å². The van der Waals surface area contributed by atoms with Crippen molar-refractivity contribution in [2.75, 3.05) is 13.1 Å². The molecule has 2 aromatic rings. The van der Waals surface area contributed by atoms with Crippen LogP contribution in [0, 0.1) is 0 Å². The van der Waals surface area contributed by atoms with Crippen LogP contribution in [-0.4, -0.2) is 34.8 Å². The number of ketones is 1. The maximum absolute atomic E-state index is 12.9. The second kappa shape index (κ2) is 5.56. The molecule has 24 heavy (non-hydrogen) atoms. The molecular formula is C20H19NO3. The van der Waals surface area contributed by atoms with Crippen LogP contribution in [0.3, 0.4) is 0 Å². The van der Waals surface area contributed by atoms with E-state index in [0.717, 1.165) is 11.1 Å². The fourth-order valence-corrected chi connectivity index (χ4v) is 3.81. The van der Waals surface area contributed by atoms with Gasteiger partial charge in [0.25, 0.3) is 5.91 Å². The first-order valence-electron chi connectivity index (χ1n) is 8.31. The topological polar surface area (TPSA) is 57.6 Å². The smallest absolute Gasteiger partial charge is 0.254 e. The summed E-state index contributed by atoms with van der Waals surface area (Å²) >= 11 is 0. The highest BCUT2D eigenvalue weighted by Gasteiger charge is 2.40. The zero-order valence-electron chi connectivity index (χ0n) is 13.4.